The fourth-order valence-electron chi connectivity index (χ4n) is 4.82. The van der Waals surface area contributed by atoms with Gasteiger partial charge in [0.15, 0.2) is 0 Å². The van der Waals surface area contributed by atoms with E-state index in [0.717, 1.165) is 55.7 Å². The number of allylic oxidation sites excluding steroid dienone is 3. The second-order valence-electron chi connectivity index (χ2n) is 8.65. The van der Waals surface area contributed by atoms with Crippen molar-refractivity contribution >= 4 is 28.4 Å². The topological polar surface area (TPSA) is 95.5 Å². The molecule has 0 saturated carbocycles. The fourth-order valence-corrected chi connectivity index (χ4v) is 4.82. The Hall–Kier alpha value is -3.74. The van der Waals surface area contributed by atoms with E-state index in [1.807, 2.05) is 6.07 Å². The number of hydrogen-bond acceptors (Lipinski definition) is 8. The van der Waals surface area contributed by atoms with E-state index in [-0.39, 0.29) is 5.91 Å². The van der Waals surface area contributed by atoms with Crippen LogP contribution in [0.1, 0.15) is 12.8 Å². The molecule has 2 aromatic heterocycles. The molecule has 2 N–H and O–H groups in total. The summed E-state index contributed by atoms with van der Waals surface area (Å²) in [5.41, 5.74) is 5.97. The van der Waals surface area contributed by atoms with Crippen LogP contribution < -0.4 is 15.5 Å². The van der Waals surface area contributed by atoms with Gasteiger partial charge in [-0.1, -0.05) is 12.0 Å². The summed E-state index contributed by atoms with van der Waals surface area (Å²) in [6.07, 6.45) is 9.64. The van der Waals surface area contributed by atoms with Crippen molar-refractivity contribution in [2.75, 3.05) is 56.2 Å². The van der Waals surface area contributed by atoms with E-state index in [4.69, 9.17) is 4.74 Å². The Labute approximate surface area is 197 Å². The number of rotatable bonds is 3. The molecule has 1 amide bonds. The summed E-state index contributed by atoms with van der Waals surface area (Å²) in [6.45, 7) is 5.40. The quantitative estimate of drug-likeness (QED) is 0.674. The molecule has 1 aliphatic carbocycles. The maximum atomic E-state index is 12.4. The van der Waals surface area contributed by atoms with Crippen LogP contribution in [-0.4, -0.2) is 71.7 Å². The summed E-state index contributed by atoms with van der Waals surface area (Å²) in [6, 6.07) is 1.84. The first kappa shape index (κ1) is 20.8. The van der Waals surface area contributed by atoms with Gasteiger partial charge in [-0.15, -0.1) is 0 Å². The number of nitrogens with zero attached hydrogens (tertiary/aromatic N) is 5. The predicted molar refractivity (Wildman–Crippen MR) is 129 cm³/mol. The Morgan fingerprint density at radius 1 is 1.21 bits per heavy atom. The van der Waals surface area contributed by atoms with Gasteiger partial charge in [-0.05, 0) is 35.6 Å². The van der Waals surface area contributed by atoms with Gasteiger partial charge in [0.1, 0.15) is 18.0 Å². The van der Waals surface area contributed by atoms with Crippen LogP contribution in [0.2, 0.25) is 0 Å². The molecule has 9 nitrogen and oxygen atoms in total. The van der Waals surface area contributed by atoms with E-state index < -0.39 is 0 Å². The van der Waals surface area contributed by atoms with Gasteiger partial charge in [0.2, 0.25) is 0 Å². The summed E-state index contributed by atoms with van der Waals surface area (Å²) in [5.74, 6) is 6.51. The van der Waals surface area contributed by atoms with Crippen LogP contribution in [0.4, 0.5) is 11.6 Å². The van der Waals surface area contributed by atoms with E-state index in [2.05, 4.69) is 59.4 Å². The zero-order chi connectivity index (χ0) is 22.9. The number of amides is 1. The minimum absolute atomic E-state index is 0.379. The summed E-state index contributed by atoms with van der Waals surface area (Å²) in [7, 11) is 0. The molecule has 1 saturated heterocycles. The average Bonchev–Trinajstić information content (AvgIpc) is 3.49. The minimum atomic E-state index is -0.379. The summed E-state index contributed by atoms with van der Waals surface area (Å²) >= 11 is 0. The van der Waals surface area contributed by atoms with E-state index in [1.165, 1.54) is 22.5 Å². The number of fused-ring (bicyclic) bond motifs is 2. The van der Waals surface area contributed by atoms with Crippen LogP contribution in [0.15, 0.2) is 53.3 Å². The molecule has 0 radical (unpaired) electrons. The number of aromatic nitrogens is 3. The second kappa shape index (κ2) is 8.89. The maximum absolute atomic E-state index is 12.4. The predicted octanol–water partition coefficient (Wildman–Crippen LogP) is 1.58. The molecule has 34 heavy (non-hydrogen) atoms. The molecule has 6 rings (SSSR count). The van der Waals surface area contributed by atoms with E-state index in [1.54, 1.807) is 12.5 Å². The van der Waals surface area contributed by atoms with Crippen molar-refractivity contribution in [3.05, 3.63) is 53.3 Å². The van der Waals surface area contributed by atoms with Crippen LogP contribution in [0, 0.1) is 11.8 Å². The average molecular weight is 456 g/mol. The molecule has 9 heteroatoms. The Balaban J connectivity index is 1.23. The summed E-state index contributed by atoms with van der Waals surface area (Å²) < 4.78 is 5.33. The second-order valence-corrected chi connectivity index (χ2v) is 8.65. The summed E-state index contributed by atoms with van der Waals surface area (Å²) in [4.78, 5) is 30.2. The Morgan fingerprint density at radius 2 is 2.12 bits per heavy atom. The van der Waals surface area contributed by atoms with Crippen molar-refractivity contribution in [2.24, 2.45) is 0 Å². The van der Waals surface area contributed by atoms with Crippen LogP contribution in [-0.2, 0) is 9.53 Å². The molecule has 0 unspecified atom stereocenters. The summed E-state index contributed by atoms with van der Waals surface area (Å²) in [5, 5.41) is 7.09. The molecule has 1 fully saturated rings. The molecule has 5 heterocycles. The Morgan fingerprint density at radius 3 is 3.03 bits per heavy atom. The minimum Gasteiger partial charge on any atom is -0.381 e. The van der Waals surface area contributed by atoms with E-state index in [0.29, 0.717) is 25.6 Å². The third-order valence-corrected chi connectivity index (χ3v) is 6.57. The number of anilines is 2. The van der Waals surface area contributed by atoms with Gasteiger partial charge in [0, 0.05) is 49.4 Å². The van der Waals surface area contributed by atoms with Gasteiger partial charge in [-0.3, -0.25) is 15.0 Å². The lowest BCUT2D eigenvalue weighted by molar-refractivity contribution is -0.111. The number of nitrogens with one attached hydrogen (secondary N) is 2. The number of pyridine rings is 1. The van der Waals surface area contributed by atoms with Crippen molar-refractivity contribution in [3.8, 4) is 11.8 Å². The highest BCUT2D eigenvalue weighted by molar-refractivity contribution is 6.04. The molecular weight excluding hydrogens is 430 g/mol. The first-order valence-corrected chi connectivity index (χ1v) is 11.6. The number of ether oxygens (including phenoxy) is 1. The van der Waals surface area contributed by atoms with Gasteiger partial charge in [0.05, 0.1) is 31.5 Å². The zero-order valence-electron chi connectivity index (χ0n) is 18.8. The van der Waals surface area contributed by atoms with Crippen molar-refractivity contribution in [1.82, 2.24) is 25.2 Å². The fraction of sp³-hybridized carbons (Fsp3) is 0.360. The van der Waals surface area contributed by atoms with E-state index in [9.17, 15) is 4.79 Å². The van der Waals surface area contributed by atoms with Crippen LogP contribution in [0.5, 0.6) is 0 Å². The smallest absolute Gasteiger partial charge is 0.301 e. The normalized spacial score (nSPS) is 19.6. The van der Waals surface area contributed by atoms with Crippen molar-refractivity contribution in [2.45, 2.75) is 12.8 Å². The lowest BCUT2D eigenvalue weighted by Crippen LogP contribution is -2.36. The van der Waals surface area contributed by atoms with E-state index >= 15 is 0 Å². The molecule has 4 aliphatic rings. The molecule has 172 valence electrons. The molecule has 0 spiro atoms. The molecule has 0 bridgehead atoms. The SMILES string of the molecule is O=C(C#CCN1CCOCC1)Nc1cc2c(N3CCC4=C3CC3=CCNC3=C4)ncnc2cn1. The van der Waals surface area contributed by atoms with Gasteiger partial charge < -0.3 is 15.0 Å². The maximum Gasteiger partial charge on any atom is 0.301 e. The number of carbonyl (C=O) groups excluding carboxylic acids is 1. The lowest BCUT2D eigenvalue weighted by Gasteiger charge is -2.25. The highest BCUT2D eigenvalue weighted by Gasteiger charge is 2.30. The molecule has 0 atom stereocenters. The van der Waals surface area contributed by atoms with Crippen LogP contribution in [0.25, 0.3) is 10.9 Å². The zero-order valence-corrected chi connectivity index (χ0v) is 18.8. The monoisotopic (exact) mass is 455 g/mol. The number of hydrogen-bond donors (Lipinski definition) is 2. The molecule has 3 aliphatic heterocycles. The van der Waals surface area contributed by atoms with Crippen molar-refractivity contribution in [3.63, 3.8) is 0 Å². The molecule has 2 aromatic rings. The highest BCUT2D eigenvalue weighted by Crippen LogP contribution is 2.40. The van der Waals surface area contributed by atoms with Crippen molar-refractivity contribution in [1.29, 1.82) is 0 Å². The van der Waals surface area contributed by atoms with Gasteiger partial charge in [-0.25, -0.2) is 15.0 Å². The first-order valence-electron chi connectivity index (χ1n) is 11.6. The van der Waals surface area contributed by atoms with Gasteiger partial charge in [0.25, 0.3) is 0 Å². The van der Waals surface area contributed by atoms with Gasteiger partial charge >= 0.3 is 5.91 Å². The van der Waals surface area contributed by atoms with Crippen molar-refractivity contribution < 1.29 is 9.53 Å². The van der Waals surface area contributed by atoms with Gasteiger partial charge in [-0.2, -0.15) is 0 Å². The number of carbonyl (C=O) groups is 1. The first-order chi connectivity index (χ1) is 16.7. The lowest BCUT2D eigenvalue weighted by atomic mass is 9.97. The van der Waals surface area contributed by atoms with Crippen LogP contribution >= 0.6 is 0 Å². The largest absolute Gasteiger partial charge is 0.381 e. The Kier molecular flexibility index (Phi) is 5.45. The Bertz CT molecular complexity index is 1310. The third kappa shape index (κ3) is 4.02. The standard InChI is InChI=1S/C25H25N7O2/c33-24(2-1-6-31-8-10-34-11-9-31)30-23-14-19-21(15-27-23)28-16-29-25(19)32-7-4-18-12-20-17(3-5-26-20)13-22(18)32/h3,12,14-16,26H,4-11,13H2,(H,27,30,33). The highest BCUT2D eigenvalue weighted by atomic mass is 16.5. The van der Waals surface area contributed by atoms with Crippen LogP contribution in [0.3, 0.4) is 0 Å². The number of morpholine rings is 1. The third-order valence-electron chi connectivity index (χ3n) is 6.57. The molecule has 0 aromatic carbocycles. The molecular formula is C25H25N7O2.